The fourth-order valence-electron chi connectivity index (χ4n) is 2.34. The Morgan fingerprint density at radius 2 is 1.85 bits per heavy atom. The molecule has 8 nitrogen and oxygen atoms in total. The topological polar surface area (TPSA) is 124 Å². The summed E-state index contributed by atoms with van der Waals surface area (Å²) >= 11 is 0. The molecule has 0 spiro atoms. The monoisotopic (exact) mass is 322 g/mol. The number of hydrogen-bond acceptors (Lipinski definition) is 5. The zero-order valence-corrected chi connectivity index (χ0v) is 12.7. The van der Waals surface area contributed by atoms with Gasteiger partial charge in [-0.3, -0.25) is 9.40 Å². The van der Waals surface area contributed by atoms with Gasteiger partial charge in [0.2, 0.25) is 20.0 Å². The van der Waals surface area contributed by atoms with Crippen LogP contribution < -0.4 is 9.86 Å². The first kappa shape index (κ1) is 15.3. The van der Waals surface area contributed by atoms with E-state index in [-0.39, 0.29) is 10.7 Å². The Morgan fingerprint density at radius 1 is 1.25 bits per heavy atom. The average Bonchev–Trinajstić information content (AvgIpc) is 2.70. The van der Waals surface area contributed by atoms with Crippen LogP contribution in [0.25, 0.3) is 0 Å². The van der Waals surface area contributed by atoms with Crippen LogP contribution in [0.5, 0.6) is 0 Å². The molecule has 114 valence electrons. The average molecular weight is 322 g/mol. The van der Waals surface area contributed by atoms with Crippen molar-refractivity contribution in [3.63, 3.8) is 0 Å². The van der Waals surface area contributed by atoms with E-state index >= 15 is 0 Å². The maximum absolute atomic E-state index is 12.2. The number of sulfonamides is 2. The Balaban J connectivity index is 2.30. The minimum Gasteiger partial charge on any atom is -0.272 e. The number of nitrogens with one attached hydrogen (secondary N) is 1. The Bertz CT molecular complexity index is 687. The first-order valence-electron chi connectivity index (χ1n) is 6.28. The summed E-state index contributed by atoms with van der Waals surface area (Å²) in [6, 6.07) is 0. The van der Waals surface area contributed by atoms with Crippen molar-refractivity contribution in [2.45, 2.75) is 42.2 Å². The molecular formula is C10H18N4O4S2. The van der Waals surface area contributed by atoms with Crippen LogP contribution >= 0.6 is 0 Å². The third-order valence-corrected chi connectivity index (χ3v) is 6.07. The lowest BCUT2D eigenvalue weighted by Crippen LogP contribution is -2.30. The predicted molar refractivity (Wildman–Crippen MR) is 74.0 cm³/mol. The van der Waals surface area contributed by atoms with Gasteiger partial charge in [0, 0.05) is 13.2 Å². The van der Waals surface area contributed by atoms with Crippen LogP contribution in [0.4, 0.5) is 5.82 Å². The van der Waals surface area contributed by atoms with Gasteiger partial charge in [0.15, 0.2) is 5.82 Å². The Morgan fingerprint density at radius 3 is 2.40 bits per heavy atom. The first-order chi connectivity index (χ1) is 9.20. The smallest absolute Gasteiger partial charge is 0.243 e. The molecule has 20 heavy (non-hydrogen) atoms. The Hall–Kier alpha value is -1.13. The lowest BCUT2D eigenvalue weighted by atomic mass is 10.0. The van der Waals surface area contributed by atoms with Crippen molar-refractivity contribution in [3.05, 3.63) is 6.20 Å². The molecule has 1 aromatic rings. The number of anilines is 1. The van der Waals surface area contributed by atoms with Crippen LogP contribution in [0.15, 0.2) is 11.1 Å². The highest BCUT2D eigenvalue weighted by Gasteiger charge is 2.30. The van der Waals surface area contributed by atoms with Crippen molar-refractivity contribution >= 4 is 25.9 Å². The van der Waals surface area contributed by atoms with E-state index in [0.29, 0.717) is 12.8 Å². The summed E-state index contributed by atoms with van der Waals surface area (Å²) in [5.74, 6) is -0.236. The molecule has 1 heterocycles. The highest BCUT2D eigenvalue weighted by molar-refractivity contribution is 7.93. The van der Waals surface area contributed by atoms with Crippen LogP contribution in [0.3, 0.4) is 0 Å². The maximum Gasteiger partial charge on any atom is 0.243 e. The van der Waals surface area contributed by atoms with Crippen molar-refractivity contribution in [2.24, 2.45) is 12.2 Å². The number of aromatic nitrogens is 2. The SMILES string of the molecule is Cn1cc(S(N)(=O)=O)c(NS(=O)(=O)C2CCCCC2)n1. The van der Waals surface area contributed by atoms with Crippen molar-refractivity contribution < 1.29 is 16.8 Å². The molecule has 0 aromatic carbocycles. The second-order valence-corrected chi connectivity index (χ2v) is 8.46. The van der Waals surface area contributed by atoms with E-state index in [1.54, 1.807) is 0 Å². The molecule has 0 atom stereocenters. The quantitative estimate of drug-likeness (QED) is 0.816. The molecule has 1 aliphatic rings. The van der Waals surface area contributed by atoms with Crippen LogP contribution in [-0.4, -0.2) is 31.9 Å². The van der Waals surface area contributed by atoms with Gasteiger partial charge < -0.3 is 0 Å². The molecular weight excluding hydrogens is 304 g/mol. The molecule has 1 aromatic heterocycles. The fraction of sp³-hybridized carbons (Fsp3) is 0.700. The standard InChI is InChI=1S/C10H18N4O4S2/c1-14-7-9(19(11,15)16)10(12-14)13-20(17,18)8-5-3-2-4-6-8/h7-8H,2-6H2,1H3,(H,12,13)(H2,11,15,16). The van der Waals surface area contributed by atoms with Crippen LogP contribution in [0, 0.1) is 0 Å². The van der Waals surface area contributed by atoms with Gasteiger partial charge in [-0.1, -0.05) is 19.3 Å². The van der Waals surface area contributed by atoms with Gasteiger partial charge in [-0.15, -0.1) is 0 Å². The lowest BCUT2D eigenvalue weighted by Gasteiger charge is -2.21. The second kappa shape index (κ2) is 5.34. The summed E-state index contributed by atoms with van der Waals surface area (Å²) < 4.78 is 50.8. The van der Waals surface area contributed by atoms with E-state index in [9.17, 15) is 16.8 Å². The molecule has 0 amide bonds. The van der Waals surface area contributed by atoms with Crippen LogP contribution in [0.2, 0.25) is 0 Å². The molecule has 10 heteroatoms. The van der Waals surface area contributed by atoms with Crippen molar-refractivity contribution in [3.8, 4) is 0 Å². The van der Waals surface area contributed by atoms with Crippen molar-refractivity contribution in [1.82, 2.24) is 9.78 Å². The maximum atomic E-state index is 12.2. The number of aryl methyl sites for hydroxylation is 1. The zero-order chi connectivity index (χ0) is 15.0. The number of nitrogens with zero attached hydrogens (tertiary/aromatic N) is 2. The number of rotatable bonds is 4. The van der Waals surface area contributed by atoms with E-state index in [1.807, 2.05) is 0 Å². The molecule has 0 saturated heterocycles. The predicted octanol–water partition coefficient (Wildman–Crippen LogP) is 0.142. The summed E-state index contributed by atoms with van der Waals surface area (Å²) in [7, 11) is -6.18. The van der Waals surface area contributed by atoms with Crippen LogP contribution in [-0.2, 0) is 27.1 Å². The highest BCUT2D eigenvalue weighted by Crippen LogP contribution is 2.26. The third kappa shape index (κ3) is 3.30. The molecule has 2 rings (SSSR count). The normalized spacial score (nSPS) is 18.1. The van der Waals surface area contributed by atoms with Gasteiger partial charge in [-0.25, -0.2) is 22.0 Å². The largest absolute Gasteiger partial charge is 0.272 e. The molecule has 0 aliphatic heterocycles. The first-order valence-corrected chi connectivity index (χ1v) is 9.37. The second-order valence-electron chi connectivity index (χ2n) is 4.97. The van der Waals surface area contributed by atoms with Gasteiger partial charge in [0.05, 0.1) is 5.25 Å². The van der Waals surface area contributed by atoms with Gasteiger partial charge in [-0.05, 0) is 12.8 Å². The number of primary sulfonamides is 1. The fourth-order valence-corrected chi connectivity index (χ4v) is 4.61. The molecule has 1 saturated carbocycles. The zero-order valence-electron chi connectivity index (χ0n) is 11.1. The van der Waals surface area contributed by atoms with E-state index < -0.39 is 25.3 Å². The molecule has 1 fully saturated rings. The van der Waals surface area contributed by atoms with Crippen molar-refractivity contribution in [2.75, 3.05) is 4.72 Å². The molecule has 1 aliphatic carbocycles. The van der Waals surface area contributed by atoms with E-state index in [2.05, 4.69) is 9.82 Å². The van der Waals surface area contributed by atoms with Gasteiger partial charge >= 0.3 is 0 Å². The Kier molecular flexibility index (Phi) is 4.07. The number of hydrogen-bond donors (Lipinski definition) is 2. The van der Waals surface area contributed by atoms with E-state index in [1.165, 1.54) is 17.9 Å². The summed E-state index contributed by atoms with van der Waals surface area (Å²) in [6.45, 7) is 0. The van der Waals surface area contributed by atoms with Crippen LogP contribution in [0.1, 0.15) is 32.1 Å². The van der Waals surface area contributed by atoms with Gasteiger partial charge in [-0.2, -0.15) is 5.10 Å². The summed E-state index contributed by atoms with van der Waals surface area (Å²) in [4.78, 5) is -0.320. The Labute approximate surface area is 118 Å². The summed E-state index contributed by atoms with van der Waals surface area (Å²) in [5, 5.41) is 8.37. The van der Waals surface area contributed by atoms with E-state index in [4.69, 9.17) is 5.14 Å². The lowest BCUT2D eigenvalue weighted by molar-refractivity contribution is 0.486. The van der Waals surface area contributed by atoms with Gasteiger partial charge in [0.25, 0.3) is 0 Å². The minimum atomic E-state index is -4.03. The van der Waals surface area contributed by atoms with Gasteiger partial charge in [0.1, 0.15) is 4.90 Å². The highest BCUT2D eigenvalue weighted by atomic mass is 32.2. The summed E-state index contributed by atoms with van der Waals surface area (Å²) in [6.07, 6.45) is 5.07. The van der Waals surface area contributed by atoms with Crippen molar-refractivity contribution in [1.29, 1.82) is 0 Å². The molecule has 3 N–H and O–H groups in total. The molecule has 0 radical (unpaired) electrons. The third-order valence-electron chi connectivity index (χ3n) is 3.33. The molecule has 0 unspecified atom stereocenters. The van der Waals surface area contributed by atoms with E-state index in [0.717, 1.165) is 19.3 Å². The number of nitrogens with two attached hydrogens (primary N) is 1. The minimum absolute atomic E-state index is 0.236. The summed E-state index contributed by atoms with van der Waals surface area (Å²) in [5.41, 5.74) is 0. The molecule has 0 bridgehead atoms.